The van der Waals surface area contributed by atoms with Crippen LogP contribution in [-0.4, -0.2) is 19.5 Å². The van der Waals surface area contributed by atoms with Gasteiger partial charge in [0.2, 0.25) is 5.75 Å². The van der Waals surface area contributed by atoms with Gasteiger partial charge in [-0.2, -0.15) is 5.26 Å². The number of nitriles is 1. The van der Waals surface area contributed by atoms with E-state index in [1.165, 1.54) is 0 Å². The zero-order chi connectivity index (χ0) is 22.9. The van der Waals surface area contributed by atoms with Crippen LogP contribution in [0.1, 0.15) is 41.4 Å². The highest BCUT2D eigenvalue weighted by Crippen LogP contribution is 2.31. The molecule has 0 aliphatic carbocycles. The molecular formula is C20H16ClF2N5O3. The number of aromatic amines is 1. The molecule has 31 heavy (non-hydrogen) atoms. The van der Waals surface area contributed by atoms with Crippen molar-refractivity contribution in [2.45, 2.75) is 33.5 Å². The Morgan fingerprint density at radius 2 is 2.06 bits per heavy atom. The number of halogens is 3. The van der Waals surface area contributed by atoms with Crippen LogP contribution in [0.5, 0.6) is 11.5 Å². The van der Waals surface area contributed by atoms with Gasteiger partial charge in [0.25, 0.3) is 11.1 Å². The molecule has 0 saturated carbocycles. The Bertz CT molecular complexity index is 1330. The maximum Gasteiger partial charge on any atom is 0.297 e. The van der Waals surface area contributed by atoms with E-state index in [0.717, 1.165) is 30.0 Å². The predicted octanol–water partition coefficient (Wildman–Crippen LogP) is 3.48. The van der Waals surface area contributed by atoms with Gasteiger partial charge in [-0.1, -0.05) is 11.6 Å². The van der Waals surface area contributed by atoms with Crippen LogP contribution >= 0.6 is 11.6 Å². The van der Waals surface area contributed by atoms with Crippen molar-refractivity contribution in [3.8, 4) is 17.6 Å². The summed E-state index contributed by atoms with van der Waals surface area (Å²) in [5, 5.41) is 9.02. The lowest BCUT2D eigenvalue weighted by Gasteiger charge is -2.15. The summed E-state index contributed by atoms with van der Waals surface area (Å²) in [5.74, 6) is -1.77. The highest BCUT2D eigenvalue weighted by atomic mass is 35.5. The quantitative estimate of drug-likeness (QED) is 0.640. The number of nitrogens with one attached hydrogen (secondary N) is 1. The van der Waals surface area contributed by atoms with Gasteiger partial charge in [0.1, 0.15) is 23.8 Å². The molecule has 0 saturated heterocycles. The van der Waals surface area contributed by atoms with E-state index < -0.39 is 40.2 Å². The normalized spacial score (nSPS) is 11.8. The SMILES string of the molecule is Cc1nc(C)c(Cn2cnc([C@@H](C)F)c(Oc3cc(Cl)cc(C#N)c3F)c2=O)c(=O)[nH]1. The van der Waals surface area contributed by atoms with Gasteiger partial charge in [0.05, 0.1) is 24.0 Å². The average Bonchev–Trinajstić information content (AvgIpc) is 2.69. The van der Waals surface area contributed by atoms with E-state index in [4.69, 9.17) is 21.6 Å². The fraction of sp³-hybridized carbons (Fsp3) is 0.250. The Kier molecular flexibility index (Phi) is 6.17. The maximum atomic E-state index is 14.5. The summed E-state index contributed by atoms with van der Waals surface area (Å²) in [4.78, 5) is 35.9. The number of H-pyrrole nitrogens is 1. The molecule has 2 heterocycles. The van der Waals surface area contributed by atoms with Gasteiger partial charge in [0, 0.05) is 16.8 Å². The Morgan fingerprint density at radius 1 is 1.35 bits per heavy atom. The van der Waals surface area contributed by atoms with Crippen LogP contribution in [0.2, 0.25) is 5.02 Å². The minimum atomic E-state index is -1.72. The molecule has 3 aromatic rings. The number of hydrogen-bond acceptors (Lipinski definition) is 6. The average molecular weight is 448 g/mol. The fourth-order valence-electron chi connectivity index (χ4n) is 2.91. The minimum absolute atomic E-state index is 0.0140. The highest BCUT2D eigenvalue weighted by molar-refractivity contribution is 6.30. The molecule has 0 spiro atoms. The summed E-state index contributed by atoms with van der Waals surface area (Å²) in [6.45, 7) is 4.13. The third-order valence-electron chi connectivity index (χ3n) is 4.41. The summed E-state index contributed by atoms with van der Waals surface area (Å²) in [6.07, 6.45) is -0.657. The second kappa shape index (κ2) is 8.65. The third-order valence-corrected chi connectivity index (χ3v) is 4.62. The molecule has 160 valence electrons. The van der Waals surface area contributed by atoms with Crippen molar-refractivity contribution in [3.05, 3.63) is 78.3 Å². The first-order valence-electron chi connectivity index (χ1n) is 8.99. The molecule has 0 bridgehead atoms. The van der Waals surface area contributed by atoms with Crippen LogP contribution in [0.25, 0.3) is 0 Å². The number of rotatable bonds is 5. The largest absolute Gasteiger partial charge is 0.446 e. The van der Waals surface area contributed by atoms with Gasteiger partial charge < -0.3 is 9.72 Å². The van der Waals surface area contributed by atoms with Crippen LogP contribution in [0.3, 0.4) is 0 Å². The molecule has 0 fully saturated rings. The first kappa shape index (κ1) is 22.1. The molecule has 11 heteroatoms. The molecule has 0 radical (unpaired) electrons. The molecule has 2 aromatic heterocycles. The molecule has 3 rings (SSSR count). The van der Waals surface area contributed by atoms with Gasteiger partial charge in [-0.05, 0) is 26.8 Å². The molecule has 1 aromatic carbocycles. The number of benzene rings is 1. The van der Waals surface area contributed by atoms with Crippen molar-refractivity contribution in [1.29, 1.82) is 5.26 Å². The first-order chi connectivity index (χ1) is 14.6. The second-order valence-electron chi connectivity index (χ2n) is 6.70. The van der Waals surface area contributed by atoms with E-state index in [0.29, 0.717) is 11.5 Å². The fourth-order valence-corrected chi connectivity index (χ4v) is 3.12. The van der Waals surface area contributed by atoms with Gasteiger partial charge in [-0.15, -0.1) is 0 Å². The van der Waals surface area contributed by atoms with E-state index in [1.807, 2.05) is 0 Å². The van der Waals surface area contributed by atoms with Crippen molar-refractivity contribution in [1.82, 2.24) is 19.5 Å². The number of nitrogens with zero attached hydrogens (tertiary/aromatic N) is 4. The minimum Gasteiger partial charge on any atom is -0.446 e. The lowest BCUT2D eigenvalue weighted by atomic mass is 10.2. The van der Waals surface area contributed by atoms with Gasteiger partial charge in [-0.25, -0.2) is 18.7 Å². The summed E-state index contributed by atoms with van der Waals surface area (Å²) in [5.41, 5.74) is -1.48. The Morgan fingerprint density at radius 3 is 2.68 bits per heavy atom. The predicted molar refractivity (Wildman–Crippen MR) is 108 cm³/mol. The molecular weight excluding hydrogens is 432 g/mol. The maximum absolute atomic E-state index is 14.5. The number of ether oxygens (including phenoxy) is 1. The Labute approximate surface area is 179 Å². The highest BCUT2D eigenvalue weighted by Gasteiger charge is 2.22. The van der Waals surface area contributed by atoms with Crippen molar-refractivity contribution in [2.24, 2.45) is 0 Å². The van der Waals surface area contributed by atoms with Crippen LogP contribution in [0, 0.1) is 31.0 Å². The van der Waals surface area contributed by atoms with Crippen molar-refractivity contribution in [3.63, 3.8) is 0 Å². The van der Waals surface area contributed by atoms with Crippen LogP contribution < -0.4 is 15.9 Å². The third kappa shape index (κ3) is 4.46. The van der Waals surface area contributed by atoms with Crippen LogP contribution in [0.4, 0.5) is 8.78 Å². The molecule has 1 N–H and O–H groups in total. The molecule has 0 aliphatic rings. The molecule has 1 atom stereocenters. The number of aryl methyl sites for hydroxylation is 2. The van der Waals surface area contributed by atoms with Crippen LogP contribution in [0.15, 0.2) is 28.0 Å². The smallest absolute Gasteiger partial charge is 0.297 e. The lowest BCUT2D eigenvalue weighted by Crippen LogP contribution is -2.28. The first-order valence-corrected chi connectivity index (χ1v) is 9.37. The summed E-state index contributed by atoms with van der Waals surface area (Å²) < 4.78 is 35.0. The zero-order valence-electron chi connectivity index (χ0n) is 16.7. The van der Waals surface area contributed by atoms with E-state index >= 15 is 0 Å². The van der Waals surface area contributed by atoms with Crippen molar-refractivity contribution in [2.75, 3.05) is 0 Å². The van der Waals surface area contributed by atoms with E-state index in [1.54, 1.807) is 19.9 Å². The van der Waals surface area contributed by atoms with Gasteiger partial charge in [-0.3, -0.25) is 14.2 Å². The molecule has 8 nitrogen and oxygen atoms in total. The molecule has 0 aliphatic heterocycles. The standard InChI is InChI=1S/C20H16ClF2N5O3/c1-9(22)17-18(31-15-5-13(21)4-12(6-24)16(15)23)20(30)28(8-25-17)7-14-10(2)26-11(3)27-19(14)29/h4-5,8-9H,7H2,1-3H3,(H,26,27,29)/t9-/m1/s1. The lowest BCUT2D eigenvalue weighted by molar-refractivity contribution is 0.341. The zero-order valence-corrected chi connectivity index (χ0v) is 17.4. The van der Waals surface area contributed by atoms with Gasteiger partial charge >= 0.3 is 0 Å². The summed E-state index contributed by atoms with van der Waals surface area (Å²) in [7, 11) is 0. The molecule has 0 unspecified atom stereocenters. The Balaban J connectivity index is 2.14. The summed E-state index contributed by atoms with van der Waals surface area (Å²) >= 11 is 5.88. The Hall–Kier alpha value is -3.58. The van der Waals surface area contributed by atoms with E-state index in [9.17, 15) is 18.4 Å². The molecule has 0 amide bonds. The topological polar surface area (TPSA) is 114 Å². The number of hydrogen-bond donors (Lipinski definition) is 1. The van der Waals surface area contributed by atoms with E-state index in [-0.39, 0.29) is 22.8 Å². The monoisotopic (exact) mass is 447 g/mol. The number of aromatic nitrogens is 4. The van der Waals surface area contributed by atoms with Crippen molar-refractivity contribution < 1.29 is 13.5 Å². The van der Waals surface area contributed by atoms with Gasteiger partial charge in [0.15, 0.2) is 11.6 Å². The second-order valence-corrected chi connectivity index (χ2v) is 7.14. The number of alkyl halides is 1. The van der Waals surface area contributed by atoms with E-state index in [2.05, 4.69) is 15.0 Å². The summed E-state index contributed by atoms with van der Waals surface area (Å²) in [6, 6.07) is 3.76. The van der Waals surface area contributed by atoms with Crippen LogP contribution in [-0.2, 0) is 6.54 Å². The van der Waals surface area contributed by atoms with Crippen molar-refractivity contribution >= 4 is 11.6 Å².